The molecule has 37 heavy (non-hydrogen) atoms. The quantitative estimate of drug-likeness (QED) is 0.435. The Bertz CT molecular complexity index is 936. The van der Waals surface area contributed by atoms with E-state index in [2.05, 4.69) is 27.7 Å². The zero-order valence-electron chi connectivity index (χ0n) is 24.2. The van der Waals surface area contributed by atoms with Crippen LogP contribution in [0.5, 0.6) is 0 Å². The molecular formula is C30H53NO5S. The summed E-state index contributed by atoms with van der Waals surface area (Å²) in [5, 5.41) is 22.3. The molecule has 4 rings (SSSR count). The van der Waals surface area contributed by atoms with Crippen molar-refractivity contribution >= 4 is 15.8 Å². The number of hydrogen-bond donors (Lipinski definition) is 2. The Hall–Kier alpha value is -0.500. The summed E-state index contributed by atoms with van der Waals surface area (Å²) in [6.07, 6.45) is 10.1. The van der Waals surface area contributed by atoms with Crippen LogP contribution in [0.3, 0.4) is 0 Å². The maximum atomic E-state index is 12.3. The first-order valence-corrected chi connectivity index (χ1v) is 16.6. The Balaban J connectivity index is 1.44. The smallest absolute Gasteiger partial charge is 0.220 e. The fraction of sp³-hybridized carbons (Fsp3) is 0.967. The van der Waals surface area contributed by atoms with Gasteiger partial charge in [0.05, 0.1) is 12.2 Å². The summed E-state index contributed by atoms with van der Waals surface area (Å²) >= 11 is 0. The number of ketones is 1. The van der Waals surface area contributed by atoms with Crippen LogP contribution in [0, 0.1) is 52.3 Å². The number of sulfonamides is 1. The van der Waals surface area contributed by atoms with Crippen LogP contribution < -0.4 is 0 Å². The lowest BCUT2D eigenvalue weighted by Crippen LogP contribution is -2.62. The van der Waals surface area contributed by atoms with E-state index in [0.29, 0.717) is 41.9 Å². The molecular weight excluding hydrogens is 486 g/mol. The van der Waals surface area contributed by atoms with Gasteiger partial charge in [0.15, 0.2) is 0 Å². The van der Waals surface area contributed by atoms with E-state index in [1.165, 1.54) is 39.8 Å². The minimum atomic E-state index is -3.48. The lowest BCUT2D eigenvalue weighted by molar-refractivity contribution is -0.203. The van der Waals surface area contributed by atoms with E-state index in [-0.39, 0.29) is 34.7 Å². The van der Waals surface area contributed by atoms with Crippen LogP contribution in [0.4, 0.5) is 0 Å². The topological polar surface area (TPSA) is 94.9 Å². The molecule has 0 heterocycles. The molecule has 11 atom stereocenters. The van der Waals surface area contributed by atoms with Crippen molar-refractivity contribution in [2.45, 2.75) is 111 Å². The van der Waals surface area contributed by atoms with E-state index in [1.54, 1.807) is 0 Å². The number of aliphatic hydroxyl groups excluding tert-OH is 2. The summed E-state index contributed by atoms with van der Waals surface area (Å²) in [5.74, 6) is 2.64. The molecule has 7 heteroatoms. The van der Waals surface area contributed by atoms with Gasteiger partial charge in [0.25, 0.3) is 0 Å². The van der Waals surface area contributed by atoms with Gasteiger partial charge in [-0.15, -0.1) is 0 Å². The molecule has 0 radical (unpaired) electrons. The number of rotatable bonds is 9. The maximum absolute atomic E-state index is 12.3. The normalized spacial score (nSPS) is 44.7. The maximum Gasteiger partial charge on any atom is 0.220 e. The van der Waals surface area contributed by atoms with Crippen molar-refractivity contribution in [3.05, 3.63) is 0 Å². The fourth-order valence-electron chi connectivity index (χ4n) is 10.2. The predicted octanol–water partition coefficient (Wildman–Crippen LogP) is 4.88. The average Bonchev–Trinajstić information content (AvgIpc) is 3.17. The largest absolute Gasteiger partial charge is 0.393 e. The highest BCUT2D eigenvalue weighted by Crippen LogP contribution is 2.69. The van der Waals surface area contributed by atoms with Crippen LogP contribution in [0.15, 0.2) is 0 Å². The minimum absolute atomic E-state index is 0.187. The molecule has 4 saturated carbocycles. The molecule has 0 bridgehead atoms. The van der Waals surface area contributed by atoms with Gasteiger partial charge in [-0.2, -0.15) is 0 Å². The summed E-state index contributed by atoms with van der Waals surface area (Å²) in [4.78, 5) is 12.3. The molecule has 4 aliphatic rings. The highest BCUT2D eigenvalue weighted by Gasteiger charge is 2.64. The second-order valence-corrected chi connectivity index (χ2v) is 16.3. The van der Waals surface area contributed by atoms with Crippen molar-refractivity contribution in [3.63, 3.8) is 0 Å². The van der Waals surface area contributed by atoms with Gasteiger partial charge in [0.1, 0.15) is 11.5 Å². The summed E-state index contributed by atoms with van der Waals surface area (Å²) in [5.41, 5.74) is 0.442. The molecule has 0 unspecified atom stereocenters. The second kappa shape index (κ2) is 10.8. The standard InChI is InChI=1S/C30H53NO5S/c1-7-22-26-17-20(32)13-15-30(26,4)25-14-16-29(3)23(11-12-24(29)27(25)28(22)34)19(2)9-8-10-21(33)18-37(35,36)31(5)6/h19-20,22-28,32,34H,7-18H2,1-6H3/t19-,20-,22-,23-,24+,25+,26+,27+,28-,29-,30-/m1/s1. The van der Waals surface area contributed by atoms with E-state index >= 15 is 0 Å². The van der Waals surface area contributed by atoms with Crippen LogP contribution in [-0.2, 0) is 14.8 Å². The highest BCUT2D eigenvalue weighted by molar-refractivity contribution is 7.89. The second-order valence-electron chi connectivity index (χ2n) is 14.1. The van der Waals surface area contributed by atoms with Crippen molar-refractivity contribution < 1.29 is 23.4 Å². The van der Waals surface area contributed by atoms with Crippen LogP contribution in [0.1, 0.15) is 98.3 Å². The SMILES string of the molecule is CC[C@H]1[C@@H](O)[C@@H]2[C@H](CC[C@]3(C)[C@@H]([C@H](C)CCCC(=O)CS(=O)(=O)N(C)C)CC[C@@H]23)[C@@]2(C)CC[C@@H](O)C[C@@H]12. The zero-order chi connectivity index (χ0) is 27.3. The Labute approximate surface area is 226 Å². The molecule has 0 aromatic heterocycles. The molecule has 0 spiro atoms. The van der Waals surface area contributed by atoms with Crippen LogP contribution in [-0.4, -0.2) is 60.8 Å². The van der Waals surface area contributed by atoms with Crippen LogP contribution in [0.25, 0.3) is 0 Å². The van der Waals surface area contributed by atoms with Crippen LogP contribution >= 0.6 is 0 Å². The first-order valence-electron chi connectivity index (χ1n) is 15.0. The fourth-order valence-corrected chi connectivity index (χ4v) is 11.0. The first-order chi connectivity index (χ1) is 17.3. The van der Waals surface area contributed by atoms with E-state index in [4.69, 9.17) is 0 Å². The van der Waals surface area contributed by atoms with E-state index in [0.717, 1.165) is 42.8 Å². The molecule has 2 N–H and O–H groups in total. The highest BCUT2D eigenvalue weighted by atomic mass is 32.2. The number of carbonyl (C=O) groups excluding carboxylic acids is 1. The Morgan fingerprint density at radius 2 is 1.65 bits per heavy atom. The third-order valence-corrected chi connectivity index (χ3v) is 14.0. The van der Waals surface area contributed by atoms with Gasteiger partial charge in [-0.3, -0.25) is 4.79 Å². The van der Waals surface area contributed by atoms with Gasteiger partial charge in [-0.25, -0.2) is 12.7 Å². The van der Waals surface area contributed by atoms with Crippen LogP contribution in [0.2, 0.25) is 0 Å². The molecule has 0 aromatic rings. The molecule has 4 fully saturated rings. The molecule has 0 aromatic carbocycles. The van der Waals surface area contributed by atoms with E-state index < -0.39 is 15.8 Å². The zero-order valence-corrected chi connectivity index (χ0v) is 25.0. The number of hydrogen-bond acceptors (Lipinski definition) is 5. The van der Waals surface area contributed by atoms with Gasteiger partial charge >= 0.3 is 0 Å². The Morgan fingerprint density at radius 1 is 1.00 bits per heavy atom. The lowest BCUT2D eigenvalue weighted by Gasteiger charge is -2.64. The third-order valence-electron chi connectivity index (χ3n) is 12.2. The Morgan fingerprint density at radius 3 is 2.30 bits per heavy atom. The predicted molar refractivity (Wildman–Crippen MR) is 147 cm³/mol. The number of Topliss-reactive ketones (excluding diaryl/α,β-unsaturated/α-hetero) is 1. The van der Waals surface area contributed by atoms with Crippen molar-refractivity contribution in [3.8, 4) is 0 Å². The average molecular weight is 540 g/mol. The molecule has 6 nitrogen and oxygen atoms in total. The summed E-state index contributed by atoms with van der Waals surface area (Å²) in [7, 11) is -0.537. The minimum Gasteiger partial charge on any atom is -0.393 e. The number of fused-ring (bicyclic) bond motifs is 5. The van der Waals surface area contributed by atoms with Gasteiger partial charge < -0.3 is 10.2 Å². The summed E-state index contributed by atoms with van der Waals surface area (Å²) < 4.78 is 25.2. The first kappa shape index (κ1) is 29.5. The van der Waals surface area contributed by atoms with Crippen molar-refractivity contribution in [2.24, 2.45) is 52.3 Å². The molecule has 0 saturated heterocycles. The lowest BCUT2D eigenvalue weighted by atomic mass is 9.41. The molecule has 0 amide bonds. The van der Waals surface area contributed by atoms with Crippen molar-refractivity contribution in [1.82, 2.24) is 4.31 Å². The van der Waals surface area contributed by atoms with Gasteiger partial charge in [-0.05, 0) is 104 Å². The van der Waals surface area contributed by atoms with E-state index in [9.17, 15) is 23.4 Å². The molecule has 214 valence electrons. The summed E-state index contributed by atoms with van der Waals surface area (Å²) in [6, 6.07) is 0. The Kier molecular flexibility index (Phi) is 8.62. The van der Waals surface area contributed by atoms with E-state index in [1.807, 2.05) is 0 Å². The number of aliphatic hydroxyl groups is 2. The summed E-state index contributed by atoms with van der Waals surface area (Å²) in [6.45, 7) is 9.53. The van der Waals surface area contributed by atoms with Crippen molar-refractivity contribution in [1.29, 1.82) is 0 Å². The number of nitrogens with zero attached hydrogens (tertiary/aromatic N) is 1. The van der Waals surface area contributed by atoms with Gasteiger partial charge in [0.2, 0.25) is 10.0 Å². The molecule has 0 aliphatic heterocycles. The monoisotopic (exact) mass is 539 g/mol. The van der Waals surface area contributed by atoms with Gasteiger partial charge in [-0.1, -0.05) is 40.5 Å². The molecule has 4 aliphatic carbocycles. The number of carbonyl (C=O) groups is 1. The van der Waals surface area contributed by atoms with Gasteiger partial charge in [0, 0.05) is 20.5 Å². The third kappa shape index (κ3) is 5.20. The van der Waals surface area contributed by atoms with Crippen molar-refractivity contribution in [2.75, 3.05) is 19.8 Å².